The number of methoxy groups -OCH3 is 1. The lowest BCUT2D eigenvalue weighted by molar-refractivity contribution is 0.0696. The second-order valence-corrected chi connectivity index (χ2v) is 4.84. The molecule has 1 aromatic heterocycles. The topological polar surface area (TPSA) is 67.6 Å². The Morgan fingerprint density at radius 1 is 1.48 bits per heavy atom. The summed E-state index contributed by atoms with van der Waals surface area (Å²) >= 11 is 0. The molecule has 0 aliphatic carbocycles. The molecule has 0 atom stereocenters. The third-order valence-corrected chi connectivity index (χ3v) is 3.24. The van der Waals surface area contributed by atoms with Crippen LogP contribution in [-0.4, -0.2) is 46.5 Å². The molecule has 0 saturated heterocycles. The first-order chi connectivity index (χ1) is 10.1. The maximum atomic E-state index is 11.0. The number of aromatic carboxylic acids is 1. The van der Waals surface area contributed by atoms with Crippen LogP contribution < -0.4 is 4.74 Å². The summed E-state index contributed by atoms with van der Waals surface area (Å²) in [5.41, 5.74) is 1.19. The van der Waals surface area contributed by atoms with Crippen LogP contribution in [0.25, 0.3) is 0 Å². The second kappa shape index (κ2) is 6.90. The number of hydrogen-bond donors (Lipinski definition) is 1. The number of aromatic nitrogens is 2. The van der Waals surface area contributed by atoms with Crippen LogP contribution in [0.1, 0.15) is 15.9 Å². The van der Waals surface area contributed by atoms with Crippen LogP contribution >= 0.6 is 0 Å². The molecule has 1 N–H and O–H groups in total. The SMILES string of the molecule is COc1cc(C(=O)O)ccc1CN(C)CCn1cccn1. The van der Waals surface area contributed by atoms with Crippen molar-refractivity contribution in [2.75, 3.05) is 20.7 Å². The van der Waals surface area contributed by atoms with E-state index in [4.69, 9.17) is 9.84 Å². The van der Waals surface area contributed by atoms with Crippen molar-refractivity contribution in [1.82, 2.24) is 14.7 Å². The fourth-order valence-electron chi connectivity index (χ4n) is 2.08. The predicted octanol–water partition coefficient (Wildman–Crippen LogP) is 1.72. The molecule has 0 amide bonds. The zero-order valence-corrected chi connectivity index (χ0v) is 12.2. The standard InChI is InChI=1S/C15H19N3O3/c1-17(8-9-18-7-3-6-16-18)11-13-5-4-12(15(19)20)10-14(13)21-2/h3-7,10H,8-9,11H2,1-2H3,(H,19,20). The van der Waals surface area contributed by atoms with Gasteiger partial charge in [-0.15, -0.1) is 0 Å². The van der Waals surface area contributed by atoms with E-state index in [-0.39, 0.29) is 5.56 Å². The number of carboxylic acid groups (broad SMARTS) is 1. The molecule has 21 heavy (non-hydrogen) atoms. The van der Waals surface area contributed by atoms with Crippen LogP contribution in [0.2, 0.25) is 0 Å². The minimum atomic E-state index is -0.952. The summed E-state index contributed by atoms with van der Waals surface area (Å²) in [6, 6.07) is 6.85. The maximum Gasteiger partial charge on any atom is 0.335 e. The number of benzene rings is 1. The number of ether oxygens (including phenoxy) is 1. The van der Waals surface area contributed by atoms with Gasteiger partial charge in [0.05, 0.1) is 19.2 Å². The van der Waals surface area contributed by atoms with Crippen LogP contribution in [0.5, 0.6) is 5.75 Å². The van der Waals surface area contributed by atoms with Crippen molar-refractivity contribution in [1.29, 1.82) is 0 Å². The first-order valence-electron chi connectivity index (χ1n) is 6.66. The molecule has 1 aromatic carbocycles. The van der Waals surface area contributed by atoms with Gasteiger partial charge in [0.1, 0.15) is 5.75 Å². The number of rotatable bonds is 7. The van der Waals surface area contributed by atoms with Crippen molar-refractivity contribution in [3.05, 3.63) is 47.8 Å². The molecule has 2 aromatic rings. The minimum absolute atomic E-state index is 0.231. The van der Waals surface area contributed by atoms with Crippen LogP contribution in [0.4, 0.5) is 0 Å². The summed E-state index contributed by atoms with van der Waals surface area (Å²) in [5.74, 6) is -0.354. The number of carbonyl (C=O) groups is 1. The van der Waals surface area contributed by atoms with Crippen LogP contribution in [0.3, 0.4) is 0 Å². The van der Waals surface area contributed by atoms with E-state index < -0.39 is 5.97 Å². The highest BCUT2D eigenvalue weighted by Gasteiger charge is 2.10. The molecular formula is C15H19N3O3. The second-order valence-electron chi connectivity index (χ2n) is 4.84. The molecule has 6 heteroatoms. The highest BCUT2D eigenvalue weighted by atomic mass is 16.5. The number of nitrogens with zero attached hydrogens (tertiary/aromatic N) is 3. The fourth-order valence-corrected chi connectivity index (χ4v) is 2.08. The van der Waals surface area contributed by atoms with Gasteiger partial charge in [0, 0.05) is 31.0 Å². The van der Waals surface area contributed by atoms with Gasteiger partial charge < -0.3 is 14.7 Å². The molecule has 0 aliphatic rings. The summed E-state index contributed by atoms with van der Waals surface area (Å²) < 4.78 is 7.16. The van der Waals surface area contributed by atoms with Crippen molar-refractivity contribution >= 4 is 5.97 Å². The fraction of sp³-hybridized carbons (Fsp3) is 0.333. The molecule has 112 valence electrons. The third-order valence-electron chi connectivity index (χ3n) is 3.24. The van der Waals surface area contributed by atoms with E-state index >= 15 is 0 Å². The van der Waals surface area contributed by atoms with Crippen LogP contribution in [-0.2, 0) is 13.1 Å². The zero-order chi connectivity index (χ0) is 15.2. The first-order valence-corrected chi connectivity index (χ1v) is 6.66. The van der Waals surface area contributed by atoms with Gasteiger partial charge in [-0.25, -0.2) is 4.79 Å². The van der Waals surface area contributed by atoms with E-state index in [9.17, 15) is 4.79 Å². The lowest BCUT2D eigenvalue weighted by Gasteiger charge is -2.18. The largest absolute Gasteiger partial charge is 0.496 e. The first kappa shape index (κ1) is 15.1. The molecule has 0 aliphatic heterocycles. The Labute approximate surface area is 123 Å². The number of hydrogen-bond acceptors (Lipinski definition) is 4. The molecule has 0 saturated carbocycles. The molecule has 0 radical (unpaired) electrons. The monoisotopic (exact) mass is 289 g/mol. The van der Waals surface area contributed by atoms with Gasteiger partial charge >= 0.3 is 5.97 Å². The molecule has 0 bridgehead atoms. The van der Waals surface area contributed by atoms with E-state index in [0.29, 0.717) is 12.3 Å². The molecule has 0 unspecified atom stereocenters. The Hall–Kier alpha value is -2.34. The lowest BCUT2D eigenvalue weighted by atomic mass is 10.1. The van der Waals surface area contributed by atoms with Crippen molar-refractivity contribution in [3.63, 3.8) is 0 Å². The van der Waals surface area contributed by atoms with E-state index in [0.717, 1.165) is 18.7 Å². The summed E-state index contributed by atoms with van der Waals surface area (Å²) in [7, 11) is 3.56. The van der Waals surface area contributed by atoms with Crippen molar-refractivity contribution in [2.24, 2.45) is 0 Å². The molecule has 6 nitrogen and oxygen atoms in total. The molecule has 0 fully saturated rings. The van der Waals surface area contributed by atoms with Gasteiger partial charge in [-0.3, -0.25) is 4.68 Å². The van der Waals surface area contributed by atoms with Gasteiger partial charge in [-0.05, 0) is 25.2 Å². The zero-order valence-electron chi connectivity index (χ0n) is 12.2. The van der Waals surface area contributed by atoms with E-state index in [2.05, 4.69) is 10.00 Å². The summed E-state index contributed by atoms with van der Waals surface area (Å²) in [6.07, 6.45) is 3.68. The number of carboxylic acids is 1. The van der Waals surface area contributed by atoms with Crippen LogP contribution in [0, 0.1) is 0 Å². The predicted molar refractivity (Wildman–Crippen MR) is 78.5 cm³/mol. The van der Waals surface area contributed by atoms with Gasteiger partial charge in [-0.2, -0.15) is 5.10 Å². The van der Waals surface area contributed by atoms with E-state index in [1.807, 2.05) is 24.0 Å². The Kier molecular flexibility index (Phi) is 4.94. The third kappa shape index (κ3) is 4.06. The highest BCUT2D eigenvalue weighted by molar-refractivity contribution is 5.88. The van der Waals surface area contributed by atoms with Crippen molar-refractivity contribution < 1.29 is 14.6 Å². The Morgan fingerprint density at radius 2 is 2.29 bits per heavy atom. The highest BCUT2D eigenvalue weighted by Crippen LogP contribution is 2.21. The average Bonchev–Trinajstić information content (AvgIpc) is 2.98. The average molecular weight is 289 g/mol. The Bertz CT molecular complexity index is 596. The lowest BCUT2D eigenvalue weighted by Crippen LogP contribution is -2.23. The van der Waals surface area contributed by atoms with Crippen LogP contribution in [0.15, 0.2) is 36.7 Å². The van der Waals surface area contributed by atoms with Gasteiger partial charge in [0.2, 0.25) is 0 Å². The van der Waals surface area contributed by atoms with Gasteiger partial charge in [0.25, 0.3) is 0 Å². The molecule has 1 heterocycles. The van der Waals surface area contributed by atoms with E-state index in [1.54, 1.807) is 31.5 Å². The summed E-state index contributed by atoms with van der Waals surface area (Å²) in [4.78, 5) is 13.1. The van der Waals surface area contributed by atoms with Gasteiger partial charge in [-0.1, -0.05) is 6.07 Å². The van der Waals surface area contributed by atoms with Crippen molar-refractivity contribution in [3.8, 4) is 5.75 Å². The quantitative estimate of drug-likeness (QED) is 0.840. The summed E-state index contributed by atoms with van der Waals surface area (Å²) in [5, 5.41) is 13.2. The minimum Gasteiger partial charge on any atom is -0.496 e. The maximum absolute atomic E-state index is 11.0. The molecule has 2 rings (SSSR count). The van der Waals surface area contributed by atoms with Gasteiger partial charge in [0.15, 0.2) is 0 Å². The summed E-state index contributed by atoms with van der Waals surface area (Å²) in [6.45, 7) is 2.33. The Morgan fingerprint density at radius 3 is 2.90 bits per heavy atom. The smallest absolute Gasteiger partial charge is 0.335 e. The normalized spacial score (nSPS) is 10.8. The Balaban J connectivity index is 1.99. The van der Waals surface area contributed by atoms with E-state index in [1.165, 1.54) is 0 Å². The molecular weight excluding hydrogens is 270 g/mol. The number of likely N-dealkylation sites (N-methyl/N-ethyl adjacent to an activating group) is 1. The van der Waals surface area contributed by atoms with Crippen molar-refractivity contribution in [2.45, 2.75) is 13.1 Å². The molecule has 0 spiro atoms.